The summed E-state index contributed by atoms with van der Waals surface area (Å²) in [5.41, 5.74) is 3.28. The van der Waals surface area contributed by atoms with Gasteiger partial charge in [-0.15, -0.1) is 11.3 Å². The Hall–Kier alpha value is -2.18. The summed E-state index contributed by atoms with van der Waals surface area (Å²) >= 11 is 1.81. The first kappa shape index (κ1) is 17.2. The highest BCUT2D eigenvalue weighted by molar-refractivity contribution is 7.10. The summed E-state index contributed by atoms with van der Waals surface area (Å²) in [4.78, 5) is 31.6. The molecular formula is C20H24N3O2S+. The fraction of sp³-hybridized carbons (Fsp3) is 0.400. The topological polar surface area (TPSA) is 45.1 Å². The number of nitrogens with zero attached hydrogens (tertiary/aromatic N) is 2. The number of hydrogen-bond donors (Lipinski definition) is 1. The minimum atomic E-state index is -0.457. The molecule has 4 rings (SSSR count). The monoisotopic (exact) mass is 370 g/mol. The molecule has 136 valence electrons. The summed E-state index contributed by atoms with van der Waals surface area (Å²) < 4.78 is 0. The van der Waals surface area contributed by atoms with Crippen LogP contribution in [0, 0.1) is 6.92 Å². The normalized spacial score (nSPS) is 25.7. The molecule has 3 amide bonds. The van der Waals surface area contributed by atoms with Crippen molar-refractivity contribution in [1.82, 2.24) is 4.90 Å². The first-order valence-corrected chi connectivity index (χ1v) is 9.97. The lowest BCUT2D eigenvalue weighted by Gasteiger charge is -2.32. The van der Waals surface area contributed by atoms with Gasteiger partial charge in [0.25, 0.3) is 5.91 Å². The third-order valence-corrected chi connectivity index (χ3v) is 6.65. The molecule has 1 N–H and O–H groups in total. The van der Waals surface area contributed by atoms with E-state index in [0.717, 1.165) is 24.2 Å². The van der Waals surface area contributed by atoms with Crippen molar-refractivity contribution in [3.05, 3.63) is 51.7 Å². The van der Waals surface area contributed by atoms with E-state index in [1.54, 1.807) is 16.2 Å². The fourth-order valence-electron chi connectivity index (χ4n) is 3.98. The van der Waals surface area contributed by atoms with E-state index in [2.05, 4.69) is 18.4 Å². The highest BCUT2D eigenvalue weighted by atomic mass is 32.1. The number of hydrogen-bond acceptors (Lipinski definition) is 3. The molecule has 0 radical (unpaired) electrons. The lowest BCUT2D eigenvalue weighted by atomic mass is 10.0. The molecule has 2 aliphatic heterocycles. The number of imide groups is 1. The van der Waals surface area contributed by atoms with Gasteiger partial charge in [-0.25, -0.2) is 9.69 Å². The molecule has 1 fully saturated rings. The zero-order chi connectivity index (χ0) is 18.4. The minimum absolute atomic E-state index is 0.105. The van der Waals surface area contributed by atoms with Crippen LogP contribution in [0.5, 0.6) is 0 Å². The van der Waals surface area contributed by atoms with Gasteiger partial charge in [-0.2, -0.15) is 0 Å². The summed E-state index contributed by atoms with van der Waals surface area (Å²) in [6.45, 7) is 7.39. The van der Waals surface area contributed by atoms with Crippen LogP contribution in [0.1, 0.15) is 35.9 Å². The standard InChI is InChI=1S/C20H23N3O2S/c1-13-4-6-16(7-5-13)23-15(3)19(24)22(20(23)25)12-21-10-8-18-17(14(21)2)9-11-26-18/h4-7,9,11,14-15H,8,10,12H2,1-3H3/p+1/t14-,15+/m0/s1. The zero-order valence-electron chi connectivity index (χ0n) is 15.4. The average molecular weight is 370 g/mol. The van der Waals surface area contributed by atoms with Crippen LogP contribution in [0.25, 0.3) is 0 Å². The van der Waals surface area contributed by atoms with Crippen molar-refractivity contribution in [1.29, 1.82) is 0 Å². The molecule has 0 bridgehead atoms. The van der Waals surface area contributed by atoms with Gasteiger partial charge in [-0.3, -0.25) is 9.69 Å². The molecule has 26 heavy (non-hydrogen) atoms. The van der Waals surface area contributed by atoms with E-state index in [1.807, 2.05) is 38.1 Å². The number of carbonyl (C=O) groups excluding carboxylic acids is 2. The number of benzene rings is 1. The number of quaternary nitrogens is 1. The lowest BCUT2D eigenvalue weighted by Crippen LogP contribution is -3.14. The highest BCUT2D eigenvalue weighted by Crippen LogP contribution is 2.27. The van der Waals surface area contributed by atoms with Gasteiger partial charge in [0.05, 0.1) is 6.54 Å². The van der Waals surface area contributed by atoms with Gasteiger partial charge < -0.3 is 4.90 Å². The maximum absolute atomic E-state index is 13.0. The molecule has 6 heteroatoms. The first-order chi connectivity index (χ1) is 12.5. The van der Waals surface area contributed by atoms with Crippen molar-refractivity contribution in [3.8, 4) is 0 Å². The van der Waals surface area contributed by atoms with Gasteiger partial charge in [-0.1, -0.05) is 17.7 Å². The summed E-state index contributed by atoms with van der Waals surface area (Å²) in [6.07, 6.45) is 1.01. The third-order valence-electron chi connectivity index (χ3n) is 5.65. The molecule has 0 saturated carbocycles. The van der Waals surface area contributed by atoms with Gasteiger partial charge in [-0.05, 0) is 44.4 Å². The van der Waals surface area contributed by atoms with Gasteiger partial charge in [0.2, 0.25) is 0 Å². The van der Waals surface area contributed by atoms with E-state index in [4.69, 9.17) is 0 Å². The Morgan fingerprint density at radius 3 is 2.62 bits per heavy atom. The van der Waals surface area contributed by atoms with Crippen LogP contribution in [0.15, 0.2) is 35.7 Å². The molecule has 1 unspecified atom stereocenters. The molecule has 2 aromatic rings. The number of anilines is 1. The quantitative estimate of drug-likeness (QED) is 0.843. The Bertz CT molecular complexity index is 845. The molecule has 0 aliphatic carbocycles. The Balaban J connectivity index is 1.55. The first-order valence-electron chi connectivity index (χ1n) is 9.09. The predicted octanol–water partition coefficient (Wildman–Crippen LogP) is 2.37. The SMILES string of the molecule is Cc1ccc(N2C(=O)N(C[NH+]3CCc4sccc4[C@@H]3C)C(=O)[C@H]2C)cc1. The van der Waals surface area contributed by atoms with Crippen molar-refractivity contribution >= 4 is 29.0 Å². The van der Waals surface area contributed by atoms with E-state index < -0.39 is 6.04 Å². The van der Waals surface area contributed by atoms with E-state index in [0.29, 0.717) is 12.7 Å². The van der Waals surface area contributed by atoms with Crippen LogP contribution in [0.2, 0.25) is 0 Å². The fourth-order valence-corrected chi connectivity index (χ4v) is 4.96. The second kappa shape index (κ2) is 6.52. The molecule has 1 aromatic heterocycles. The second-order valence-corrected chi connectivity index (χ2v) is 8.27. The minimum Gasteiger partial charge on any atom is -0.311 e. The average Bonchev–Trinajstić information content (AvgIpc) is 3.18. The Labute approximate surface area is 157 Å². The van der Waals surface area contributed by atoms with Gasteiger partial charge in [0, 0.05) is 22.5 Å². The van der Waals surface area contributed by atoms with Gasteiger partial charge in [0.15, 0.2) is 6.67 Å². The number of rotatable bonds is 3. The van der Waals surface area contributed by atoms with Crippen LogP contribution < -0.4 is 9.80 Å². The Kier molecular flexibility index (Phi) is 4.32. The smallest absolute Gasteiger partial charge is 0.311 e. The van der Waals surface area contributed by atoms with Gasteiger partial charge >= 0.3 is 6.03 Å². The molecule has 5 nitrogen and oxygen atoms in total. The van der Waals surface area contributed by atoms with Crippen molar-refractivity contribution in [2.75, 3.05) is 18.1 Å². The van der Waals surface area contributed by atoms with Crippen molar-refractivity contribution in [3.63, 3.8) is 0 Å². The van der Waals surface area contributed by atoms with E-state index in [9.17, 15) is 9.59 Å². The molecular weight excluding hydrogens is 346 g/mol. The molecule has 1 aromatic carbocycles. The van der Waals surface area contributed by atoms with E-state index >= 15 is 0 Å². The highest BCUT2D eigenvalue weighted by Gasteiger charge is 2.46. The summed E-state index contributed by atoms with van der Waals surface area (Å²) in [5.74, 6) is -0.105. The maximum atomic E-state index is 13.0. The largest absolute Gasteiger partial charge is 0.336 e. The number of thiophene rings is 1. The predicted molar refractivity (Wildman–Crippen MR) is 102 cm³/mol. The van der Waals surface area contributed by atoms with E-state index in [1.165, 1.54) is 20.2 Å². The number of amides is 3. The zero-order valence-corrected chi connectivity index (χ0v) is 16.2. The van der Waals surface area contributed by atoms with E-state index in [-0.39, 0.29) is 11.9 Å². The van der Waals surface area contributed by atoms with Crippen molar-refractivity contribution < 1.29 is 14.5 Å². The summed E-state index contributed by atoms with van der Waals surface area (Å²) in [7, 11) is 0. The summed E-state index contributed by atoms with van der Waals surface area (Å²) in [6, 6.07) is 9.58. The number of aryl methyl sites for hydroxylation is 1. The number of fused-ring (bicyclic) bond motifs is 1. The van der Waals surface area contributed by atoms with Gasteiger partial charge in [0.1, 0.15) is 12.1 Å². The second-order valence-electron chi connectivity index (χ2n) is 7.27. The van der Waals surface area contributed by atoms with Crippen molar-refractivity contribution in [2.45, 2.75) is 39.3 Å². The molecule has 1 saturated heterocycles. The molecule has 2 aliphatic rings. The van der Waals surface area contributed by atoms with Crippen LogP contribution >= 0.6 is 11.3 Å². The van der Waals surface area contributed by atoms with Crippen LogP contribution in [0.4, 0.5) is 10.5 Å². The third kappa shape index (κ3) is 2.73. The number of carbonyl (C=O) groups is 2. The number of urea groups is 1. The Morgan fingerprint density at radius 2 is 1.88 bits per heavy atom. The molecule has 0 spiro atoms. The van der Waals surface area contributed by atoms with Crippen LogP contribution in [-0.2, 0) is 11.2 Å². The summed E-state index contributed by atoms with van der Waals surface area (Å²) in [5, 5.41) is 2.14. The lowest BCUT2D eigenvalue weighted by molar-refractivity contribution is -0.938. The molecule has 3 atom stereocenters. The Morgan fingerprint density at radius 1 is 1.15 bits per heavy atom. The maximum Gasteiger partial charge on any atom is 0.336 e. The van der Waals surface area contributed by atoms with Crippen molar-refractivity contribution in [2.24, 2.45) is 0 Å². The molecule has 3 heterocycles. The number of nitrogens with one attached hydrogen (secondary N) is 1. The van der Waals surface area contributed by atoms with Crippen LogP contribution in [0.3, 0.4) is 0 Å². The van der Waals surface area contributed by atoms with Crippen LogP contribution in [-0.4, -0.2) is 36.1 Å².